The minimum atomic E-state index is -6.04. The third-order valence-electron chi connectivity index (χ3n) is 4.45. The third kappa shape index (κ3) is 5.21. The Balaban J connectivity index is 2.15. The highest BCUT2D eigenvalue weighted by Crippen LogP contribution is 2.36. The van der Waals surface area contributed by atoms with Gasteiger partial charge in [0.05, 0.1) is 17.7 Å². The summed E-state index contributed by atoms with van der Waals surface area (Å²) in [6.45, 7) is 1.44. The third-order valence-corrected chi connectivity index (χ3v) is 5.42. The van der Waals surface area contributed by atoms with E-state index < -0.39 is 39.1 Å². The number of ether oxygens (including phenoxy) is 1. The van der Waals surface area contributed by atoms with E-state index in [4.69, 9.17) is 4.74 Å². The van der Waals surface area contributed by atoms with Crippen molar-refractivity contribution in [1.29, 1.82) is 0 Å². The number of hydrogen-bond donors (Lipinski definition) is 0. The highest BCUT2D eigenvalue weighted by atomic mass is 32.2. The Bertz CT molecular complexity index is 1300. The lowest BCUT2D eigenvalue weighted by Crippen LogP contribution is -2.28. The second kappa shape index (κ2) is 8.58. The molecule has 0 aliphatic heterocycles. The molecule has 0 bridgehead atoms. The largest absolute Gasteiger partial charge is 0.534 e. The molecule has 0 saturated heterocycles. The molecule has 0 amide bonds. The maximum atomic E-state index is 12.8. The van der Waals surface area contributed by atoms with E-state index >= 15 is 0 Å². The second-order valence-electron chi connectivity index (χ2n) is 6.69. The lowest BCUT2D eigenvalue weighted by molar-refractivity contribution is -0.137. The van der Waals surface area contributed by atoms with Crippen LogP contribution >= 0.6 is 0 Å². The van der Waals surface area contributed by atoms with Gasteiger partial charge in [-0.15, -0.1) is 0 Å². The monoisotopic (exact) mass is 492 g/mol. The minimum absolute atomic E-state index is 0.0560. The van der Waals surface area contributed by atoms with Crippen LogP contribution in [0.2, 0.25) is 0 Å². The van der Waals surface area contributed by atoms with Crippen molar-refractivity contribution < 1.29 is 48.5 Å². The van der Waals surface area contributed by atoms with Gasteiger partial charge in [0.15, 0.2) is 5.75 Å². The Morgan fingerprint density at radius 3 is 2.03 bits per heavy atom. The summed E-state index contributed by atoms with van der Waals surface area (Å²) >= 11 is 0. The molecule has 0 aliphatic carbocycles. The van der Waals surface area contributed by atoms with E-state index in [2.05, 4.69) is 4.18 Å². The van der Waals surface area contributed by atoms with E-state index in [9.17, 15) is 39.6 Å². The maximum Gasteiger partial charge on any atom is 0.534 e. The number of benzene rings is 3. The summed E-state index contributed by atoms with van der Waals surface area (Å²) in [5.41, 5.74) is -6.15. The number of rotatable bonds is 5. The van der Waals surface area contributed by atoms with E-state index in [0.717, 1.165) is 18.2 Å². The van der Waals surface area contributed by atoms with Crippen molar-refractivity contribution in [2.75, 3.05) is 6.61 Å². The highest BCUT2D eigenvalue weighted by molar-refractivity contribution is 7.88. The van der Waals surface area contributed by atoms with Crippen LogP contribution in [0, 0.1) is 0 Å². The SMILES string of the molecule is CCOC(=O)c1cc(OS(=O)(=O)C(F)(F)F)c2ccc(-c3ccc(C(F)(F)F)cc3)cc2c1. The zero-order chi connectivity index (χ0) is 24.6. The first-order valence-electron chi connectivity index (χ1n) is 9.16. The molecule has 0 N–H and O–H groups in total. The van der Waals surface area contributed by atoms with Crippen LogP contribution in [0.3, 0.4) is 0 Å². The summed E-state index contributed by atoms with van der Waals surface area (Å²) in [5, 5.41) is 0.0249. The summed E-state index contributed by atoms with van der Waals surface area (Å²) < 4.78 is 109. The molecule has 3 aromatic carbocycles. The normalized spacial score (nSPS) is 12.6. The number of alkyl halides is 6. The minimum Gasteiger partial charge on any atom is -0.462 e. The zero-order valence-corrected chi connectivity index (χ0v) is 17.4. The first-order valence-corrected chi connectivity index (χ1v) is 10.6. The van der Waals surface area contributed by atoms with Gasteiger partial charge in [-0.25, -0.2) is 4.79 Å². The van der Waals surface area contributed by atoms with Crippen molar-refractivity contribution in [3.8, 4) is 16.9 Å². The Hall–Kier alpha value is -3.28. The first-order chi connectivity index (χ1) is 15.2. The standard InChI is InChI=1S/C21H14F6O5S/c1-2-31-19(28)15-10-14-9-13(12-3-6-16(7-4-12)20(22,23)24)5-8-17(14)18(11-15)32-33(29,30)21(25,26)27/h3-11H,2H2,1H3. The molecule has 3 aromatic rings. The van der Waals surface area contributed by atoms with Crippen LogP contribution in [0.1, 0.15) is 22.8 Å². The molecule has 0 aliphatic rings. The number of esters is 1. The van der Waals surface area contributed by atoms with Crippen molar-refractivity contribution in [3.05, 3.63) is 65.7 Å². The molecular weight excluding hydrogens is 478 g/mol. The van der Waals surface area contributed by atoms with E-state index in [-0.39, 0.29) is 22.9 Å². The molecule has 12 heteroatoms. The van der Waals surface area contributed by atoms with Gasteiger partial charge in [0.25, 0.3) is 0 Å². The highest BCUT2D eigenvalue weighted by Gasteiger charge is 2.48. The lowest BCUT2D eigenvalue weighted by Gasteiger charge is -2.14. The molecule has 5 nitrogen and oxygen atoms in total. The second-order valence-corrected chi connectivity index (χ2v) is 8.23. The molecule has 0 atom stereocenters. The van der Waals surface area contributed by atoms with Crippen molar-refractivity contribution >= 4 is 26.9 Å². The van der Waals surface area contributed by atoms with Gasteiger partial charge in [-0.1, -0.05) is 18.2 Å². The van der Waals surface area contributed by atoms with Gasteiger partial charge in [0.1, 0.15) is 0 Å². The molecular formula is C21H14F6O5S. The molecule has 0 unspecified atom stereocenters. The number of fused-ring (bicyclic) bond motifs is 1. The van der Waals surface area contributed by atoms with Crippen LogP contribution in [-0.2, 0) is 21.0 Å². The van der Waals surface area contributed by atoms with Crippen molar-refractivity contribution in [2.45, 2.75) is 18.6 Å². The van der Waals surface area contributed by atoms with Gasteiger partial charge < -0.3 is 8.92 Å². The smallest absolute Gasteiger partial charge is 0.462 e. The Kier molecular flexibility index (Phi) is 6.33. The Labute approximate surface area is 183 Å². The number of halogens is 6. The fourth-order valence-corrected chi connectivity index (χ4v) is 3.40. The quantitative estimate of drug-likeness (QED) is 0.191. The molecule has 0 spiro atoms. The van der Waals surface area contributed by atoms with Crippen molar-refractivity contribution in [3.63, 3.8) is 0 Å². The zero-order valence-electron chi connectivity index (χ0n) is 16.6. The van der Waals surface area contributed by atoms with Gasteiger partial charge in [0, 0.05) is 5.39 Å². The van der Waals surface area contributed by atoms with Gasteiger partial charge in [-0.3, -0.25) is 0 Å². The van der Waals surface area contributed by atoms with Crippen LogP contribution < -0.4 is 4.18 Å². The topological polar surface area (TPSA) is 69.7 Å². The summed E-state index contributed by atoms with van der Waals surface area (Å²) in [6, 6.07) is 10.1. The molecule has 176 valence electrons. The molecule has 0 aromatic heterocycles. The van der Waals surface area contributed by atoms with Gasteiger partial charge in [0.2, 0.25) is 0 Å². The van der Waals surface area contributed by atoms with Crippen LogP contribution in [0.25, 0.3) is 21.9 Å². The van der Waals surface area contributed by atoms with Crippen LogP contribution in [0.5, 0.6) is 5.75 Å². The lowest BCUT2D eigenvalue weighted by atomic mass is 9.98. The van der Waals surface area contributed by atoms with E-state index in [1.165, 1.54) is 43.3 Å². The molecule has 3 rings (SSSR count). The molecule has 33 heavy (non-hydrogen) atoms. The van der Waals surface area contributed by atoms with Crippen LogP contribution in [0.4, 0.5) is 26.3 Å². The average Bonchev–Trinajstić information content (AvgIpc) is 2.71. The van der Waals surface area contributed by atoms with Gasteiger partial charge >= 0.3 is 27.8 Å². The van der Waals surface area contributed by atoms with E-state index in [0.29, 0.717) is 11.1 Å². The molecule has 0 saturated carbocycles. The maximum absolute atomic E-state index is 12.8. The van der Waals surface area contributed by atoms with Crippen molar-refractivity contribution in [2.24, 2.45) is 0 Å². The molecule has 0 heterocycles. The summed E-state index contributed by atoms with van der Waals surface area (Å²) in [4.78, 5) is 12.1. The van der Waals surface area contributed by atoms with E-state index in [1.807, 2.05) is 0 Å². The molecule has 0 fully saturated rings. The number of carbonyl (C=O) groups excluding carboxylic acids is 1. The number of hydrogen-bond acceptors (Lipinski definition) is 5. The van der Waals surface area contributed by atoms with E-state index in [1.54, 1.807) is 0 Å². The molecule has 0 radical (unpaired) electrons. The predicted molar refractivity (Wildman–Crippen MR) is 106 cm³/mol. The van der Waals surface area contributed by atoms with Crippen LogP contribution in [-0.4, -0.2) is 26.5 Å². The van der Waals surface area contributed by atoms with Crippen LogP contribution in [0.15, 0.2) is 54.6 Å². The van der Waals surface area contributed by atoms with Gasteiger partial charge in [-0.2, -0.15) is 34.8 Å². The van der Waals surface area contributed by atoms with Crippen molar-refractivity contribution in [1.82, 2.24) is 0 Å². The predicted octanol–water partition coefficient (Wildman–Crippen LogP) is 5.93. The average molecular weight is 492 g/mol. The van der Waals surface area contributed by atoms with Gasteiger partial charge in [-0.05, 0) is 59.8 Å². The summed E-state index contributed by atoms with van der Waals surface area (Å²) in [6.07, 6.45) is -4.54. The fourth-order valence-electron chi connectivity index (χ4n) is 2.93. The summed E-state index contributed by atoms with van der Waals surface area (Å²) in [7, 11) is -6.04. The summed E-state index contributed by atoms with van der Waals surface area (Å²) in [5.74, 6) is -1.69. The Morgan fingerprint density at radius 2 is 1.48 bits per heavy atom. The Morgan fingerprint density at radius 1 is 0.879 bits per heavy atom. The number of carbonyl (C=O) groups is 1. The fraction of sp³-hybridized carbons (Fsp3) is 0.190. The first kappa shape index (κ1) is 24.4.